The number of carbonyl (C=O) groups is 1. The molecule has 0 saturated carbocycles. The summed E-state index contributed by atoms with van der Waals surface area (Å²) >= 11 is 12.5. The van der Waals surface area contributed by atoms with Gasteiger partial charge in [0, 0.05) is 33.5 Å². The van der Waals surface area contributed by atoms with E-state index in [2.05, 4.69) is 10.3 Å². The second-order valence-electron chi connectivity index (χ2n) is 5.66. The van der Waals surface area contributed by atoms with Gasteiger partial charge in [-0.15, -0.1) is 0 Å². The van der Waals surface area contributed by atoms with Crippen LogP contribution >= 0.6 is 23.2 Å². The number of ether oxygens (including phenoxy) is 1. The van der Waals surface area contributed by atoms with Crippen LogP contribution in [0, 0.1) is 0 Å². The molecule has 8 heteroatoms. The number of halogens is 2. The number of rotatable bonds is 2. The maximum atomic E-state index is 11.8. The molecule has 0 aliphatic carbocycles. The van der Waals surface area contributed by atoms with Crippen molar-refractivity contribution in [3.05, 3.63) is 75.0 Å². The van der Waals surface area contributed by atoms with Crippen LogP contribution in [0.25, 0.3) is 0 Å². The number of nitrogens with zero attached hydrogens (tertiary/aromatic N) is 1. The molecule has 1 aliphatic rings. The van der Waals surface area contributed by atoms with Gasteiger partial charge in [0.25, 0.3) is 0 Å². The first-order valence-corrected chi connectivity index (χ1v) is 9.22. The second-order valence-corrected chi connectivity index (χ2v) is 6.50. The van der Waals surface area contributed by atoms with E-state index in [0.717, 1.165) is 16.8 Å². The molecule has 0 amide bonds. The van der Waals surface area contributed by atoms with Crippen molar-refractivity contribution in [1.29, 1.82) is 0 Å². The van der Waals surface area contributed by atoms with E-state index in [9.17, 15) is 4.79 Å². The largest absolute Gasteiger partial charge is 0.464 e. The molecule has 1 heterocycles. The van der Waals surface area contributed by atoms with Crippen LogP contribution in [0.5, 0.6) is 0 Å². The summed E-state index contributed by atoms with van der Waals surface area (Å²) in [5, 5.41) is 11.9. The van der Waals surface area contributed by atoms with Crippen molar-refractivity contribution in [2.75, 3.05) is 25.6 Å². The summed E-state index contributed by atoms with van der Waals surface area (Å²) in [6, 6.07) is 12.7. The van der Waals surface area contributed by atoms with Gasteiger partial charge in [0.05, 0.1) is 25.1 Å². The Morgan fingerprint density at radius 2 is 1.93 bits per heavy atom. The average Bonchev–Trinajstić information content (AvgIpc) is 2.87. The van der Waals surface area contributed by atoms with Crippen molar-refractivity contribution in [2.24, 2.45) is 10.7 Å². The predicted octanol–water partition coefficient (Wildman–Crippen LogP) is 3.60. The Kier molecular flexibility index (Phi) is 7.87. The Labute approximate surface area is 173 Å². The number of benzene rings is 2. The van der Waals surface area contributed by atoms with Gasteiger partial charge in [-0.3, -0.25) is 4.99 Å². The average molecular weight is 422 g/mol. The van der Waals surface area contributed by atoms with E-state index in [1.165, 1.54) is 7.11 Å². The highest BCUT2D eigenvalue weighted by Crippen LogP contribution is 2.30. The Hall–Kier alpha value is -2.54. The smallest absolute Gasteiger partial charge is 0.355 e. The predicted molar refractivity (Wildman–Crippen MR) is 113 cm³/mol. The summed E-state index contributed by atoms with van der Waals surface area (Å²) < 4.78 is 4.69. The summed E-state index contributed by atoms with van der Waals surface area (Å²) in [5.41, 5.74) is 9.27. The molecule has 0 unspecified atom stereocenters. The number of carbonyl (C=O) groups excluding carboxylic acids is 1. The second kappa shape index (κ2) is 10.1. The minimum atomic E-state index is -0.616. The van der Waals surface area contributed by atoms with Crippen molar-refractivity contribution in [3.63, 3.8) is 0 Å². The molecule has 3 rings (SSSR count). The van der Waals surface area contributed by atoms with Gasteiger partial charge >= 0.3 is 5.97 Å². The molecule has 2 aromatic carbocycles. The van der Waals surface area contributed by atoms with Crippen molar-refractivity contribution in [1.82, 2.24) is 0 Å². The molecule has 0 aromatic heterocycles. The zero-order valence-electron chi connectivity index (χ0n) is 15.5. The van der Waals surface area contributed by atoms with E-state index in [4.69, 9.17) is 38.8 Å². The fraction of sp³-hybridized carbons (Fsp3) is 0.200. The zero-order valence-corrected chi connectivity index (χ0v) is 17.0. The van der Waals surface area contributed by atoms with Crippen LogP contribution < -0.4 is 11.1 Å². The lowest BCUT2D eigenvalue weighted by molar-refractivity contribution is -0.136. The lowest BCUT2D eigenvalue weighted by Gasteiger charge is -2.13. The molecule has 4 N–H and O–H groups in total. The number of fused-ring (bicyclic) bond motifs is 1. The summed E-state index contributed by atoms with van der Waals surface area (Å²) in [5.74, 6) is -0.616. The fourth-order valence-electron chi connectivity index (χ4n) is 2.54. The van der Waals surface area contributed by atoms with Gasteiger partial charge in [-0.25, -0.2) is 4.79 Å². The summed E-state index contributed by atoms with van der Waals surface area (Å²) in [6.45, 7) is 2.10. The van der Waals surface area contributed by atoms with Crippen LogP contribution in [0.2, 0.25) is 10.0 Å². The normalized spacial score (nSPS) is 14.4. The Balaban J connectivity index is 0.000000878. The molecule has 0 spiro atoms. The third-order valence-electron chi connectivity index (χ3n) is 3.78. The van der Waals surface area contributed by atoms with Crippen LogP contribution in [0.1, 0.15) is 18.1 Å². The first-order chi connectivity index (χ1) is 13.4. The van der Waals surface area contributed by atoms with Crippen LogP contribution in [0.4, 0.5) is 5.69 Å². The lowest BCUT2D eigenvalue weighted by Crippen LogP contribution is -2.20. The molecule has 0 bridgehead atoms. The molecule has 2 aromatic rings. The molecule has 0 atom stereocenters. The van der Waals surface area contributed by atoms with Crippen LogP contribution in [-0.4, -0.2) is 37.0 Å². The highest BCUT2D eigenvalue weighted by molar-refractivity contribution is 6.36. The van der Waals surface area contributed by atoms with E-state index in [-0.39, 0.29) is 18.8 Å². The van der Waals surface area contributed by atoms with Crippen molar-refractivity contribution >= 4 is 40.6 Å². The van der Waals surface area contributed by atoms with E-state index >= 15 is 0 Å². The van der Waals surface area contributed by atoms with Crippen molar-refractivity contribution in [3.8, 4) is 0 Å². The van der Waals surface area contributed by atoms with Crippen molar-refractivity contribution in [2.45, 2.75) is 6.92 Å². The SMILES string of the molecule is CCO.COC(=O)C(N)=C1CN=C(c2ccccc2Cl)c2cc(Cl)ccc2N1. The monoisotopic (exact) mass is 421 g/mol. The minimum absolute atomic E-state index is 0.0208. The highest BCUT2D eigenvalue weighted by atomic mass is 35.5. The number of hydrogen-bond acceptors (Lipinski definition) is 6. The Morgan fingerprint density at radius 3 is 2.57 bits per heavy atom. The van der Waals surface area contributed by atoms with Gasteiger partial charge in [-0.05, 0) is 31.2 Å². The Morgan fingerprint density at radius 1 is 1.25 bits per heavy atom. The summed E-state index contributed by atoms with van der Waals surface area (Å²) in [4.78, 5) is 16.4. The fourth-order valence-corrected chi connectivity index (χ4v) is 2.93. The van der Waals surface area contributed by atoms with E-state index in [1.807, 2.05) is 18.2 Å². The van der Waals surface area contributed by atoms with E-state index in [1.54, 1.807) is 31.2 Å². The van der Waals surface area contributed by atoms with Gasteiger partial charge < -0.3 is 20.9 Å². The van der Waals surface area contributed by atoms with Gasteiger partial charge in [0.15, 0.2) is 0 Å². The molecule has 28 heavy (non-hydrogen) atoms. The molecular formula is C20H21Cl2N3O3. The summed E-state index contributed by atoms with van der Waals surface area (Å²) in [6.07, 6.45) is 0. The first-order valence-electron chi connectivity index (χ1n) is 8.47. The number of nitrogens with two attached hydrogens (primary N) is 1. The van der Waals surface area contributed by atoms with Gasteiger partial charge in [0.1, 0.15) is 5.70 Å². The minimum Gasteiger partial charge on any atom is -0.464 e. The maximum absolute atomic E-state index is 11.8. The highest BCUT2D eigenvalue weighted by Gasteiger charge is 2.21. The molecule has 0 radical (unpaired) electrons. The zero-order chi connectivity index (χ0) is 20.7. The topological polar surface area (TPSA) is 96.9 Å². The third kappa shape index (κ3) is 5.04. The van der Waals surface area contributed by atoms with Crippen molar-refractivity contribution < 1.29 is 14.6 Å². The molecule has 0 fully saturated rings. The molecule has 6 nitrogen and oxygen atoms in total. The van der Waals surface area contributed by atoms with Gasteiger partial charge in [-0.2, -0.15) is 0 Å². The lowest BCUT2D eigenvalue weighted by atomic mass is 10.0. The molecular weight excluding hydrogens is 401 g/mol. The number of methoxy groups -OCH3 is 1. The Bertz CT molecular complexity index is 927. The molecule has 1 aliphatic heterocycles. The van der Waals surface area contributed by atoms with Crippen LogP contribution in [0.3, 0.4) is 0 Å². The standard InChI is InChI=1S/C18H15Cl2N3O2.C2H6O/c1-25-18(24)16(21)15-9-22-17(11-4-2-3-5-13(11)20)12-8-10(19)6-7-14(12)23-15;1-2-3/h2-8,23H,9,21H2,1H3;3H,2H2,1H3. The number of nitrogens with one attached hydrogen (secondary N) is 1. The van der Waals surface area contributed by atoms with Crippen LogP contribution in [0.15, 0.2) is 58.9 Å². The number of esters is 1. The first kappa shape index (κ1) is 21.8. The van der Waals surface area contributed by atoms with Crippen LogP contribution in [-0.2, 0) is 9.53 Å². The number of benzodiazepines with no additional fused rings is 1. The number of hydrogen-bond donors (Lipinski definition) is 3. The number of aliphatic hydroxyl groups excluding tert-OH is 1. The number of anilines is 1. The number of aliphatic imine (C=N–C) groups is 1. The van der Waals surface area contributed by atoms with Gasteiger partial charge in [0.2, 0.25) is 0 Å². The molecule has 0 saturated heterocycles. The summed E-state index contributed by atoms with van der Waals surface area (Å²) in [7, 11) is 1.28. The van der Waals surface area contributed by atoms with E-state index in [0.29, 0.717) is 21.5 Å². The van der Waals surface area contributed by atoms with Gasteiger partial charge in [-0.1, -0.05) is 41.4 Å². The molecule has 148 valence electrons. The quantitative estimate of drug-likeness (QED) is 0.508. The maximum Gasteiger partial charge on any atom is 0.355 e. The third-order valence-corrected chi connectivity index (χ3v) is 4.34. The number of aliphatic hydroxyl groups is 1. The van der Waals surface area contributed by atoms with E-state index < -0.39 is 5.97 Å².